The summed E-state index contributed by atoms with van der Waals surface area (Å²) in [6.45, 7) is 10.6. The second-order valence-electron chi connectivity index (χ2n) is 8.82. The second-order valence-corrected chi connectivity index (χ2v) is 8.82. The quantitative estimate of drug-likeness (QED) is 0.465. The Hall–Kier alpha value is -3.23. The van der Waals surface area contributed by atoms with Crippen molar-refractivity contribution in [2.24, 2.45) is 0 Å². The summed E-state index contributed by atoms with van der Waals surface area (Å²) in [4.78, 5) is 26.8. The summed E-state index contributed by atoms with van der Waals surface area (Å²) < 4.78 is 12.9. The number of anilines is 1. The Morgan fingerprint density at radius 3 is 2.79 bits per heavy atom. The lowest BCUT2D eigenvalue weighted by Crippen LogP contribution is -2.52. The Bertz CT molecular complexity index is 1380. The van der Waals surface area contributed by atoms with Crippen LogP contribution in [-0.2, 0) is 4.74 Å². The van der Waals surface area contributed by atoms with Gasteiger partial charge in [0.1, 0.15) is 5.69 Å². The predicted octanol–water partition coefficient (Wildman–Crippen LogP) is 3.28. The van der Waals surface area contributed by atoms with Crippen LogP contribution in [0.4, 0.5) is 5.69 Å². The molecule has 1 aromatic carbocycles. The first-order chi connectivity index (χ1) is 15.9. The number of fused-ring (bicyclic) bond motifs is 2. The predicted molar refractivity (Wildman–Crippen MR) is 129 cm³/mol. The second kappa shape index (κ2) is 8.61. The summed E-state index contributed by atoms with van der Waals surface area (Å²) in [5.74, 6) is 0.460. The monoisotopic (exact) mass is 447 g/mol. The van der Waals surface area contributed by atoms with E-state index >= 15 is 0 Å². The van der Waals surface area contributed by atoms with Gasteiger partial charge in [-0.2, -0.15) is 0 Å². The summed E-state index contributed by atoms with van der Waals surface area (Å²) in [6.07, 6.45) is 3.79. The number of rotatable bonds is 5. The van der Waals surface area contributed by atoms with Crippen LogP contribution in [0, 0.1) is 13.8 Å². The van der Waals surface area contributed by atoms with Gasteiger partial charge in [-0.1, -0.05) is 6.07 Å². The number of ether oxygens (including phenoxy) is 1. The first-order valence-corrected chi connectivity index (χ1v) is 11.3. The molecular weight excluding hydrogens is 418 g/mol. The highest BCUT2D eigenvalue weighted by atomic mass is 16.5. The van der Waals surface area contributed by atoms with Crippen molar-refractivity contribution in [2.45, 2.75) is 26.8 Å². The van der Waals surface area contributed by atoms with Gasteiger partial charge in [-0.3, -0.25) is 9.88 Å². The number of benzene rings is 1. The lowest BCUT2D eigenvalue weighted by atomic mass is 10.1. The van der Waals surface area contributed by atoms with E-state index in [2.05, 4.69) is 32.8 Å². The molecular formula is C25H29N5O3. The Morgan fingerprint density at radius 1 is 1.15 bits per heavy atom. The van der Waals surface area contributed by atoms with Gasteiger partial charge in [-0.05, 0) is 44.4 Å². The smallest absolute Gasteiger partial charge is 0.344 e. The van der Waals surface area contributed by atoms with Gasteiger partial charge in [0.15, 0.2) is 11.4 Å². The van der Waals surface area contributed by atoms with Crippen LogP contribution in [0.5, 0.6) is 0 Å². The average Bonchev–Trinajstić information content (AvgIpc) is 3.22. The van der Waals surface area contributed by atoms with Crippen LogP contribution in [0.3, 0.4) is 0 Å². The standard InChI is InChI=1S/C25H29N5O3/c1-16-13-30-15-22(27-24(30)18(3)26-16)23-11-19-5-6-20(12-21(19)25(31)33-23)29-8-7-28(9-10-32-4)17(2)14-29/h5-6,11-13,15,17H,7-10,14H2,1-4H3. The van der Waals surface area contributed by atoms with E-state index in [1.54, 1.807) is 7.11 Å². The lowest BCUT2D eigenvalue weighted by molar-refractivity contribution is 0.117. The Labute approximate surface area is 192 Å². The van der Waals surface area contributed by atoms with E-state index in [0.717, 1.165) is 60.9 Å². The maximum atomic E-state index is 12.9. The molecule has 3 aromatic heterocycles. The minimum Gasteiger partial charge on any atom is -0.421 e. The number of hydrogen-bond acceptors (Lipinski definition) is 7. The van der Waals surface area contributed by atoms with Crippen LogP contribution >= 0.6 is 0 Å². The molecule has 1 fully saturated rings. The fourth-order valence-electron chi connectivity index (χ4n) is 4.69. The zero-order valence-electron chi connectivity index (χ0n) is 19.5. The van der Waals surface area contributed by atoms with Crippen LogP contribution in [0.15, 0.2) is 45.9 Å². The molecule has 1 unspecified atom stereocenters. The van der Waals surface area contributed by atoms with E-state index in [1.165, 1.54) is 0 Å². The van der Waals surface area contributed by atoms with E-state index in [4.69, 9.17) is 9.15 Å². The van der Waals surface area contributed by atoms with Crippen molar-refractivity contribution in [3.63, 3.8) is 0 Å². The van der Waals surface area contributed by atoms with Gasteiger partial charge in [-0.15, -0.1) is 0 Å². The number of nitrogens with zero attached hydrogens (tertiary/aromatic N) is 5. The summed E-state index contributed by atoms with van der Waals surface area (Å²) in [5, 5.41) is 1.43. The third-order valence-corrected chi connectivity index (χ3v) is 6.44. The van der Waals surface area contributed by atoms with Crippen LogP contribution in [-0.4, -0.2) is 65.2 Å². The number of methoxy groups -OCH3 is 1. The maximum Gasteiger partial charge on any atom is 0.344 e. The van der Waals surface area contributed by atoms with Crippen molar-refractivity contribution < 1.29 is 9.15 Å². The third kappa shape index (κ3) is 4.12. The average molecular weight is 448 g/mol. The van der Waals surface area contributed by atoms with Crippen molar-refractivity contribution in [1.29, 1.82) is 0 Å². The molecule has 5 rings (SSSR count). The summed E-state index contributed by atoms with van der Waals surface area (Å²) >= 11 is 0. The van der Waals surface area contributed by atoms with Crippen molar-refractivity contribution in [1.82, 2.24) is 19.3 Å². The highest BCUT2D eigenvalue weighted by Crippen LogP contribution is 2.27. The highest BCUT2D eigenvalue weighted by molar-refractivity contribution is 5.87. The Balaban J connectivity index is 1.44. The number of aromatic nitrogens is 3. The van der Waals surface area contributed by atoms with Crippen molar-refractivity contribution >= 4 is 22.1 Å². The van der Waals surface area contributed by atoms with E-state index in [1.807, 2.05) is 48.8 Å². The number of hydrogen-bond donors (Lipinski definition) is 0. The zero-order valence-corrected chi connectivity index (χ0v) is 19.5. The number of aryl methyl sites for hydroxylation is 2. The minimum atomic E-state index is -0.348. The Morgan fingerprint density at radius 2 is 2.00 bits per heavy atom. The van der Waals surface area contributed by atoms with Gasteiger partial charge < -0.3 is 18.5 Å². The summed E-state index contributed by atoms with van der Waals surface area (Å²) in [7, 11) is 1.74. The molecule has 1 aliphatic heterocycles. The van der Waals surface area contributed by atoms with Gasteiger partial charge in [0.2, 0.25) is 0 Å². The van der Waals surface area contributed by atoms with Gasteiger partial charge in [0.25, 0.3) is 0 Å². The number of piperazine rings is 1. The van der Waals surface area contributed by atoms with Crippen LogP contribution in [0.25, 0.3) is 27.9 Å². The minimum absolute atomic E-state index is 0.348. The first kappa shape index (κ1) is 21.6. The van der Waals surface area contributed by atoms with Crippen LogP contribution in [0.2, 0.25) is 0 Å². The number of imidazole rings is 1. The molecule has 172 valence electrons. The molecule has 1 atom stereocenters. The Kier molecular flexibility index (Phi) is 5.64. The molecule has 33 heavy (non-hydrogen) atoms. The zero-order chi connectivity index (χ0) is 23.1. The molecule has 8 heteroatoms. The molecule has 0 amide bonds. The lowest BCUT2D eigenvalue weighted by Gasteiger charge is -2.41. The molecule has 4 aromatic rings. The summed E-state index contributed by atoms with van der Waals surface area (Å²) in [6, 6.07) is 8.34. The topological polar surface area (TPSA) is 76.1 Å². The van der Waals surface area contributed by atoms with E-state index in [9.17, 15) is 4.79 Å². The van der Waals surface area contributed by atoms with Crippen molar-refractivity contribution in [2.75, 3.05) is 44.8 Å². The maximum absolute atomic E-state index is 12.9. The molecule has 0 spiro atoms. The van der Waals surface area contributed by atoms with Crippen LogP contribution in [0.1, 0.15) is 18.3 Å². The first-order valence-electron chi connectivity index (χ1n) is 11.3. The normalized spacial score (nSPS) is 17.3. The molecule has 1 aliphatic rings. The van der Waals surface area contributed by atoms with Gasteiger partial charge >= 0.3 is 5.63 Å². The van der Waals surface area contributed by atoms with Crippen molar-refractivity contribution in [3.8, 4) is 11.5 Å². The van der Waals surface area contributed by atoms with Gasteiger partial charge in [0.05, 0.1) is 23.4 Å². The van der Waals surface area contributed by atoms with Gasteiger partial charge in [-0.25, -0.2) is 9.78 Å². The van der Waals surface area contributed by atoms with E-state index in [0.29, 0.717) is 22.9 Å². The molecule has 0 bridgehead atoms. The highest BCUT2D eigenvalue weighted by Gasteiger charge is 2.24. The fraction of sp³-hybridized carbons (Fsp3) is 0.400. The fourth-order valence-corrected chi connectivity index (χ4v) is 4.69. The van der Waals surface area contributed by atoms with Crippen molar-refractivity contribution in [3.05, 3.63) is 58.5 Å². The van der Waals surface area contributed by atoms with Crippen LogP contribution < -0.4 is 10.5 Å². The summed E-state index contributed by atoms with van der Waals surface area (Å²) in [5.41, 5.74) is 3.82. The molecule has 4 heterocycles. The van der Waals surface area contributed by atoms with E-state index in [-0.39, 0.29) is 5.63 Å². The molecule has 1 saturated heterocycles. The largest absolute Gasteiger partial charge is 0.421 e. The molecule has 0 aliphatic carbocycles. The van der Waals surface area contributed by atoms with E-state index < -0.39 is 0 Å². The molecule has 0 saturated carbocycles. The SMILES string of the molecule is COCCN1CCN(c2ccc3cc(-c4cn5cc(C)nc(C)c5n4)oc(=O)c3c2)CC1C. The molecule has 0 radical (unpaired) electrons. The van der Waals surface area contributed by atoms with Gasteiger partial charge in [0, 0.05) is 57.4 Å². The molecule has 0 N–H and O–H groups in total. The molecule has 8 nitrogen and oxygen atoms in total. The third-order valence-electron chi connectivity index (χ3n) is 6.44.